The van der Waals surface area contributed by atoms with Crippen LogP contribution in [-0.2, 0) is 10.0 Å². The van der Waals surface area contributed by atoms with Gasteiger partial charge in [-0.05, 0) is 18.6 Å². The molecular weight excluding hydrogens is 246 g/mol. The first-order valence-electron chi connectivity index (χ1n) is 4.75. The Hall–Kier alpha value is -1.02. The van der Waals surface area contributed by atoms with Crippen LogP contribution in [0.4, 0.5) is 0 Å². The molecule has 0 aliphatic rings. The molecule has 0 saturated heterocycles. The molecule has 3 nitrogen and oxygen atoms in total. The summed E-state index contributed by atoms with van der Waals surface area (Å²) in [6, 6.07) is 6.31. The molecule has 1 aromatic rings. The lowest BCUT2D eigenvalue weighted by molar-refractivity contribution is 0.580. The van der Waals surface area contributed by atoms with E-state index < -0.39 is 10.0 Å². The van der Waals surface area contributed by atoms with Gasteiger partial charge in [0.15, 0.2) is 0 Å². The molecule has 0 aliphatic heterocycles. The quantitative estimate of drug-likeness (QED) is 0.648. The monoisotopic (exact) mass is 257 g/mol. The number of hydrogen-bond donors (Lipinski definition) is 1. The van der Waals surface area contributed by atoms with Crippen molar-refractivity contribution in [2.45, 2.75) is 17.7 Å². The van der Waals surface area contributed by atoms with Crippen molar-refractivity contribution in [3.05, 3.63) is 29.3 Å². The van der Waals surface area contributed by atoms with Gasteiger partial charge in [-0.15, -0.1) is 12.3 Å². The van der Waals surface area contributed by atoms with Crippen LogP contribution < -0.4 is 4.72 Å². The Morgan fingerprint density at radius 3 is 2.69 bits per heavy atom. The van der Waals surface area contributed by atoms with Crippen LogP contribution >= 0.6 is 11.6 Å². The molecule has 0 aliphatic carbocycles. The summed E-state index contributed by atoms with van der Waals surface area (Å²) in [6.07, 6.45) is 6.22. The van der Waals surface area contributed by atoms with Crippen molar-refractivity contribution in [3.63, 3.8) is 0 Å². The maximum Gasteiger partial charge on any atom is 0.242 e. The highest BCUT2D eigenvalue weighted by Crippen LogP contribution is 2.19. The van der Waals surface area contributed by atoms with Crippen LogP contribution in [0, 0.1) is 12.3 Å². The molecule has 86 valence electrons. The van der Waals surface area contributed by atoms with Gasteiger partial charge >= 0.3 is 0 Å². The van der Waals surface area contributed by atoms with E-state index in [9.17, 15) is 8.42 Å². The van der Waals surface area contributed by atoms with Gasteiger partial charge in [-0.3, -0.25) is 0 Å². The molecule has 0 amide bonds. The smallest absolute Gasteiger partial charge is 0.211 e. The van der Waals surface area contributed by atoms with Crippen LogP contribution in [0.5, 0.6) is 0 Å². The minimum atomic E-state index is -3.52. The van der Waals surface area contributed by atoms with Gasteiger partial charge in [0.05, 0.1) is 5.02 Å². The molecule has 0 unspecified atom stereocenters. The number of rotatable bonds is 5. The van der Waals surface area contributed by atoms with Gasteiger partial charge in [0.1, 0.15) is 4.90 Å². The molecule has 0 bridgehead atoms. The van der Waals surface area contributed by atoms with Crippen molar-refractivity contribution in [1.82, 2.24) is 4.72 Å². The molecule has 1 N–H and O–H groups in total. The first kappa shape index (κ1) is 13.0. The van der Waals surface area contributed by atoms with E-state index in [1.807, 2.05) is 0 Å². The third-order valence-corrected chi connectivity index (χ3v) is 3.88. The van der Waals surface area contributed by atoms with Gasteiger partial charge in [-0.1, -0.05) is 23.7 Å². The summed E-state index contributed by atoms with van der Waals surface area (Å²) in [5.74, 6) is 2.44. The second kappa shape index (κ2) is 5.90. The maximum absolute atomic E-state index is 11.8. The predicted octanol–water partition coefficient (Wildman–Crippen LogP) is 2.03. The van der Waals surface area contributed by atoms with E-state index in [-0.39, 0.29) is 9.92 Å². The predicted molar refractivity (Wildman–Crippen MR) is 64.7 cm³/mol. The summed E-state index contributed by atoms with van der Waals surface area (Å²) >= 11 is 5.80. The van der Waals surface area contributed by atoms with E-state index in [0.717, 1.165) is 0 Å². The lowest BCUT2D eigenvalue weighted by Gasteiger charge is -2.06. The van der Waals surface area contributed by atoms with Crippen molar-refractivity contribution in [3.8, 4) is 12.3 Å². The fraction of sp³-hybridized carbons (Fsp3) is 0.273. The fourth-order valence-electron chi connectivity index (χ4n) is 1.14. The molecule has 16 heavy (non-hydrogen) atoms. The molecule has 0 aromatic heterocycles. The van der Waals surface area contributed by atoms with Crippen LogP contribution in [0.1, 0.15) is 12.8 Å². The minimum Gasteiger partial charge on any atom is -0.211 e. The van der Waals surface area contributed by atoms with Gasteiger partial charge in [0.2, 0.25) is 10.0 Å². The Morgan fingerprint density at radius 1 is 1.38 bits per heavy atom. The van der Waals surface area contributed by atoms with Crippen LogP contribution in [0.25, 0.3) is 0 Å². The summed E-state index contributed by atoms with van der Waals surface area (Å²) in [7, 11) is -3.52. The van der Waals surface area contributed by atoms with E-state index >= 15 is 0 Å². The first-order chi connectivity index (χ1) is 7.58. The van der Waals surface area contributed by atoms with E-state index in [0.29, 0.717) is 19.4 Å². The lowest BCUT2D eigenvalue weighted by Crippen LogP contribution is -2.24. The zero-order chi connectivity index (χ0) is 12.0. The Labute approximate surface area is 101 Å². The zero-order valence-electron chi connectivity index (χ0n) is 8.61. The van der Waals surface area contributed by atoms with Crippen LogP contribution in [0.2, 0.25) is 5.02 Å². The van der Waals surface area contributed by atoms with Gasteiger partial charge in [-0.2, -0.15) is 0 Å². The largest absolute Gasteiger partial charge is 0.242 e. The fourth-order valence-corrected chi connectivity index (χ4v) is 2.73. The lowest BCUT2D eigenvalue weighted by atomic mass is 10.3. The number of sulfonamides is 1. The number of nitrogens with one attached hydrogen (secondary N) is 1. The van der Waals surface area contributed by atoms with E-state index in [1.165, 1.54) is 12.1 Å². The minimum absolute atomic E-state index is 0.0948. The van der Waals surface area contributed by atoms with Gasteiger partial charge in [0.25, 0.3) is 0 Å². The van der Waals surface area contributed by atoms with Gasteiger partial charge in [-0.25, -0.2) is 13.1 Å². The highest BCUT2D eigenvalue weighted by Gasteiger charge is 2.15. The summed E-state index contributed by atoms with van der Waals surface area (Å²) in [5, 5.41) is 0.215. The van der Waals surface area contributed by atoms with Crippen molar-refractivity contribution in [1.29, 1.82) is 0 Å². The number of benzene rings is 1. The molecule has 0 atom stereocenters. The molecular formula is C11H12ClNO2S. The molecule has 1 rings (SSSR count). The summed E-state index contributed by atoms with van der Waals surface area (Å²) < 4.78 is 26.0. The highest BCUT2D eigenvalue weighted by molar-refractivity contribution is 7.89. The number of terminal acetylenes is 1. The van der Waals surface area contributed by atoms with Gasteiger partial charge < -0.3 is 0 Å². The molecule has 0 spiro atoms. The molecule has 1 aromatic carbocycles. The zero-order valence-corrected chi connectivity index (χ0v) is 10.2. The van der Waals surface area contributed by atoms with E-state index in [2.05, 4.69) is 10.6 Å². The van der Waals surface area contributed by atoms with Crippen molar-refractivity contribution in [2.24, 2.45) is 0 Å². The Balaban J connectivity index is 2.72. The first-order valence-corrected chi connectivity index (χ1v) is 6.61. The summed E-state index contributed by atoms with van der Waals surface area (Å²) in [4.78, 5) is 0.0948. The Bertz CT molecular complexity index is 491. The van der Waals surface area contributed by atoms with Crippen LogP contribution in [0.3, 0.4) is 0 Å². The van der Waals surface area contributed by atoms with Gasteiger partial charge in [0, 0.05) is 13.0 Å². The topological polar surface area (TPSA) is 46.2 Å². The molecule has 0 radical (unpaired) electrons. The van der Waals surface area contributed by atoms with Crippen molar-refractivity contribution in [2.75, 3.05) is 6.54 Å². The molecule has 5 heteroatoms. The Morgan fingerprint density at radius 2 is 2.06 bits per heavy atom. The Kier molecular flexibility index (Phi) is 4.81. The van der Waals surface area contributed by atoms with Crippen molar-refractivity contribution >= 4 is 21.6 Å². The molecule has 0 fully saturated rings. The third kappa shape index (κ3) is 3.53. The van der Waals surface area contributed by atoms with E-state index in [1.54, 1.807) is 12.1 Å². The van der Waals surface area contributed by atoms with Crippen molar-refractivity contribution < 1.29 is 8.42 Å². The van der Waals surface area contributed by atoms with E-state index in [4.69, 9.17) is 18.0 Å². The molecule has 0 saturated carbocycles. The second-order valence-electron chi connectivity index (χ2n) is 3.14. The SMILES string of the molecule is C#CCCCNS(=O)(=O)c1ccccc1Cl. The number of halogens is 1. The third-order valence-electron chi connectivity index (χ3n) is 1.92. The van der Waals surface area contributed by atoms with Crippen LogP contribution in [0.15, 0.2) is 29.2 Å². The second-order valence-corrected chi connectivity index (χ2v) is 5.28. The highest BCUT2D eigenvalue weighted by atomic mass is 35.5. The average molecular weight is 258 g/mol. The number of unbranched alkanes of at least 4 members (excludes halogenated alkanes) is 1. The average Bonchev–Trinajstić information content (AvgIpc) is 2.25. The maximum atomic E-state index is 11.8. The standard InChI is InChI=1S/C11H12ClNO2S/c1-2-3-6-9-13-16(14,15)11-8-5-4-7-10(11)12/h1,4-5,7-8,13H,3,6,9H2. The summed E-state index contributed by atoms with van der Waals surface area (Å²) in [6.45, 7) is 0.317. The van der Waals surface area contributed by atoms with Crippen LogP contribution in [-0.4, -0.2) is 15.0 Å². The summed E-state index contributed by atoms with van der Waals surface area (Å²) in [5.41, 5.74) is 0. The number of hydrogen-bond acceptors (Lipinski definition) is 2. The molecule has 0 heterocycles. The normalized spacial score (nSPS) is 11.0.